The first-order valence-corrected chi connectivity index (χ1v) is 16.4. The van der Waals surface area contributed by atoms with E-state index >= 15 is 0 Å². The van der Waals surface area contributed by atoms with E-state index in [1.807, 2.05) is 0 Å². The molecule has 0 radical (unpaired) electrons. The highest BCUT2D eigenvalue weighted by Gasteiger charge is 2.45. The lowest BCUT2D eigenvalue weighted by Gasteiger charge is -2.42. The van der Waals surface area contributed by atoms with Gasteiger partial charge in [-0.3, -0.25) is 19.2 Å². The van der Waals surface area contributed by atoms with Crippen LogP contribution in [0.2, 0.25) is 0 Å². The summed E-state index contributed by atoms with van der Waals surface area (Å²) in [6.45, 7) is 5.16. The Hall–Kier alpha value is -2.85. The van der Waals surface area contributed by atoms with Crippen molar-refractivity contribution >= 4 is 29.7 Å². The average Bonchev–Trinajstić information content (AvgIpc) is 3.02. The van der Waals surface area contributed by atoms with E-state index in [2.05, 4.69) is 29.8 Å². The van der Waals surface area contributed by atoms with Gasteiger partial charge in [-0.25, -0.2) is 4.79 Å². The van der Waals surface area contributed by atoms with Gasteiger partial charge in [0.05, 0.1) is 26.4 Å². The Labute approximate surface area is 271 Å². The Morgan fingerprint density at radius 1 is 0.804 bits per heavy atom. The Kier molecular flexibility index (Phi) is 21.8. The van der Waals surface area contributed by atoms with Gasteiger partial charge in [0.1, 0.15) is 30.4 Å². The molecule has 0 spiro atoms. The number of carbonyl (C=O) groups excluding carboxylic acids is 5. The first-order chi connectivity index (χ1) is 22.0. The fourth-order valence-electron chi connectivity index (χ4n) is 4.66. The summed E-state index contributed by atoms with van der Waals surface area (Å²) in [5, 5.41) is 37.4. The van der Waals surface area contributed by atoms with E-state index in [1.165, 1.54) is 6.92 Å². The third-order valence-electron chi connectivity index (χ3n) is 7.30. The molecule has 266 valence electrons. The monoisotopic (exact) mass is 661 g/mol. The summed E-state index contributed by atoms with van der Waals surface area (Å²) >= 11 is 0. The van der Waals surface area contributed by atoms with Crippen LogP contribution in [0.15, 0.2) is 0 Å². The van der Waals surface area contributed by atoms with E-state index in [-0.39, 0.29) is 45.4 Å². The van der Waals surface area contributed by atoms with Crippen LogP contribution in [0.3, 0.4) is 0 Å². The SMILES string of the molecule is CCCCCCOC(=O)CCC(NC(=O)CCC(=O)NCCO[C@@H]1O[C@H](CO)[C@H](O)[C@H](O)[C@H]1NC(C)=O)C(=O)OCCCCCC. The molecule has 15 nitrogen and oxygen atoms in total. The molecule has 6 N–H and O–H groups in total. The first-order valence-electron chi connectivity index (χ1n) is 16.4. The first kappa shape index (κ1) is 41.2. The van der Waals surface area contributed by atoms with Crippen molar-refractivity contribution in [1.82, 2.24) is 16.0 Å². The number of ether oxygens (including phenoxy) is 4. The summed E-state index contributed by atoms with van der Waals surface area (Å²) in [4.78, 5) is 61.4. The van der Waals surface area contributed by atoms with Crippen molar-refractivity contribution in [1.29, 1.82) is 0 Å². The maximum Gasteiger partial charge on any atom is 0.328 e. The minimum absolute atomic E-state index is 0.00242. The second-order valence-electron chi connectivity index (χ2n) is 11.3. The van der Waals surface area contributed by atoms with Crippen LogP contribution in [0.25, 0.3) is 0 Å². The van der Waals surface area contributed by atoms with Gasteiger partial charge in [0.2, 0.25) is 17.7 Å². The molecular formula is C31H55N3O12. The summed E-state index contributed by atoms with van der Waals surface area (Å²) < 4.78 is 21.6. The molecule has 1 heterocycles. The Balaban J connectivity index is 2.53. The molecule has 0 bridgehead atoms. The number of rotatable bonds is 24. The van der Waals surface area contributed by atoms with Gasteiger partial charge in [-0.2, -0.15) is 0 Å². The van der Waals surface area contributed by atoms with E-state index in [1.54, 1.807) is 0 Å². The molecule has 0 aromatic carbocycles. The van der Waals surface area contributed by atoms with E-state index < -0.39 is 73.0 Å². The highest BCUT2D eigenvalue weighted by molar-refractivity contribution is 5.87. The van der Waals surface area contributed by atoms with Crippen LogP contribution in [-0.4, -0.2) is 115 Å². The molecule has 0 saturated carbocycles. The number of hydrogen-bond donors (Lipinski definition) is 6. The van der Waals surface area contributed by atoms with Gasteiger partial charge in [0, 0.05) is 32.7 Å². The number of hydrogen-bond acceptors (Lipinski definition) is 12. The topological polar surface area (TPSA) is 219 Å². The molecule has 15 heteroatoms. The largest absolute Gasteiger partial charge is 0.466 e. The van der Waals surface area contributed by atoms with E-state index in [0.29, 0.717) is 13.0 Å². The minimum Gasteiger partial charge on any atom is -0.466 e. The van der Waals surface area contributed by atoms with Crippen molar-refractivity contribution in [2.45, 2.75) is 135 Å². The predicted molar refractivity (Wildman–Crippen MR) is 165 cm³/mol. The number of esters is 2. The second kappa shape index (κ2) is 24.3. The maximum atomic E-state index is 12.7. The molecule has 1 aliphatic heterocycles. The lowest BCUT2D eigenvalue weighted by molar-refractivity contribution is -0.269. The Bertz CT molecular complexity index is 921. The number of unbranched alkanes of at least 4 members (excludes halogenated alkanes) is 6. The summed E-state index contributed by atoms with van der Waals surface area (Å²) in [6, 6.07) is -2.18. The normalized spacial score (nSPS) is 21.6. The van der Waals surface area contributed by atoms with E-state index in [4.69, 9.17) is 18.9 Å². The molecule has 6 atom stereocenters. The molecule has 46 heavy (non-hydrogen) atoms. The van der Waals surface area contributed by atoms with Crippen LogP contribution in [0.4, 0.5) is 0 Å². The van der Waals surface area contributed by atoms with Crippen molar-refractivity contribution < 1.29 is 58.2 Å². The quantitative estimate of drug-likeness (QED) is 0.0610. The Morgan fingerprint density at radius 2 is 1.43 bits per heavy atom. The van der Waals surface area contributed by atoms with Crippen molar-refractivity contribution in [3.05, 3.63) is 0 Å². The lowest BCUT2D eigenvalue weighted by Crippen LogP contribution is -2.64. The van der Waals surface area contributed by atoms with Crippen LogP contribution < -0.4 is 16.0 Å². The molecule has 0 aliphatic carbocycles. The van der Waals surface area contributed by atoms with Crippen molar-refractivity contribution in [3.8, 4) is 0 Å². The van der Waals surface area contributed by atoms with Crippen molar-refractivity contribution in [3.63, 3.8) is 0 Å². The van der Waals surface area contributed by atoms with E-state index in [0.717, 1.165) is 44.9 Å². The molecule has 1 rings (SSSR count). The number of nitrogens with one attached hydrogen (secondary N) is 3. The zero-order chi connectivity index (χ0) is 34.3. The fraction of sp³-hybridized carbons (Fsp3) is 0.839. The summed E-state index contributed by atoms with van der Waals surface area (Å²) in [6.07, 6.45) is 1.72. The minimum atomic E-state index is -1.46. The standard InChI is InChI=1S/C31H55N3O12/c1-4-6-8-10-17-43-26(39)15-12-22(30(42)44-18-11-9-7-5-2)34-25(38)14-13-24(37)32-16-19-45-31-27(33-21(3)36)29(41)28(40)23(20-35)46-31/h22-23,27-29,31,35,40-41H,4-20H2,1-3H3,(H,32,37)(H,33,36)(H,34,38)/t22?,23-,27-,28+,29-,31-/m1/s1. The highest BCUT2D eigenvalue weighted by Crippen LogP contribution is 2.22. The summed E-state index contributed by atoms with van der Waals surface area (Å²) in [5.74, 6) is -2.66. The summed E-state index contributed by atoms with van der Waals surface area (Å²) in [7, 11) is 0. The van der Waals surface area contributed by atoms with Crippen LogP contribution in [0, 0.1) is 0 Å². The van der Waals surface area contributed by atoms with Crippen LogP contribution >= 0.6 is 0 Å². The Morgan fingerprint density at radius 3 is 2.04 bits per heavy atom. The number of amides is 3. The highest BCUT2D eigenvalue weighted by atomic mass is 16.7. The average molecular weight is 662 g/mol. The molecule has 1 aliphatic rings. The van der Waals surface area contributed by atoms with Gasteiger partial charge in [-0.05, 0) is 19.3 Å². The van der Waals surface area contributed by atoms with Crippen molar-refractivity contribution in [2.24, 2.45) is 0 Å². The van der Waals surface area contributed by atoms with Gasteiger partial charge in [0.25, 0.3) is 0 Å². The number of carbonyl (C=O) groups is 5. The van der Waals surface area contributed by atoms with E-state index in [9.17, 15) is 39.3 Å². The second-order valence-corrected chi connectivity index (χ2v) is 11.3. The third kappa shape index (κ3) is 17.2. The smallest absolute Gasteiger partial charge is 0.328 e. The molecule has 1 fully saturated rings. The number of aliphatic hydroxyl groups excluding tert-OH is 3. The number of aliphatic hydroxyl groups is 3. The molecule has 1 unspecified atom stereocenters. The molecular weight excluding hydrogens is 606 g/mol. The molecule has 0 aromatic heterocycles. The molecule has 1 saturated heterocycles. The van der Waals surface area contributed by atoms with Gasteiger partial charge in [0.15, 0.2) is 6.29 Å². The van der Waals surface area contributed by atoms with Crippen molar-refractivity contribution in [2.75, 3.05) is 33.0 Å². The van der Waals surface area contributed by atoms with Crippen LogP contribution in [0.5, 0.6) is 0 Å². The zero-order valence-electron chi connectivity index (χ0n) is 27.5. The van der Waals surface area contributed by atoms with Crippen LogP contribution in [0.1, 0.15) is 97.8 Å². The third-order valence-corrected chi connectivity index (χ3v) is 7.30. The zero-order valence-corrected chi connectivity index (χ0v) is 27.5. The van der Waals surface area contributed by atoms with Crippen LogP contribution in [-0.2, 0) is 42.9 Å². The van der Waals surface area contributed by atoms with Gasteiger partial charge in [-0.1, -0.05) is 52.4 Å². The molecule has 0 aromatic rings. The van der Waals surface area contributed by atoms with Gasteiger partial charge < -0.3 is 50.2 Å². The molecule has 3 amide bonds. The summed E-state index contributed by atoms with van der Waals surface area (Å²) in [5.41, 5.74) is 0. The maximum absolute atomic E-state index is 12.7. The lowest BCUT2D eigenvalue weighted by atomic mass is 9.97. The van der Waals surface area contributed by atoms with Gasteiger partial charge >= 0.3 is 11.9 Å². The fourth-order valence-corrected chi connectivity index (χ4v) is 4.66. The predicted octanol–water partition coefficient (Wildman–Crippen LogP) is 0.355. The van der Waals surface area contributed by atoms with Gasteiger partial charge in [-0.15, -0.1) is 0 Å².